The van der Waals surface area contributed by atoms with Gasteiger partial charge in [0.1, 0.15) is 11.6 Å². The van der Waals surface area contributed by atoms with Crippen LogP contribution in [0.2, 0.25) is 0 Å². The van der Waals surface area contributed by atoms with Crippen LogP contribution < -0.4 is 0 Å². The summed E-state index contributed by atoms with van der Waals surface area (Å²) in [4.78, 5) is 0. The molecule has 0 fully saturated rings. The topological polar surface area (TPSA) is 4.93 Å². The standard InChI is InChI=1S/C27H21F2N/c1-17(2)30-26-13-7-20(18-3-9-22(28)10-4-18)15-24(26)25-16-21(8-14-27(25)30)19-5-11-23(29)12-6-19/h3-17H,1-2H3. The van der Waals surface area contributed by atoms with E-state index in [1.54, 1.807) is 0 Å². The van der Waals surface area contributed by atoms with Crippen molar-refractivity contribution in [3.63, 3.8) is 0 Å². The summed E-state index contributed by atoms with van der Waals surface area (Å²) in [6.07, 6.45) is 0. The Labute approximate surface area is 174 Å². The second kappa shape index (κ2) is 7.10. The molecule has 0 saturated heterocycles. The molecule has 1 nitrogen and oxygen atoms in total. The first kappa shape index (κ1) is 18.6. The molecule has 30 heavy (non-hydrogen) atoms. The molecule has 0 N–H and O–H groups in total. The van der Waals surface area contributed by atoms with Crippen LogP contribution in [0.1, 0.15) is 19.9 Å². The maximum atomic E-state index is 13.4. The molecule has 0 radical (unpaired) electrons. The average molecular weight is 397 g/mol. The van der Waals surface area contributed by atoms with Crippen LogP contribution in [0.15, 0.2) is 84.9 Å². The van der Waals surface area contributed by atoms with E-state index in [-0.39, 0.29) is 11.6 Å². The van der Waals surface area contributed by atoms with Crippen LogP contribution in [-0.2, 0) is 0 Å². The first-order chi connectivity index (χ1) is 14.5. The van der Waals surface area contributed by atoms with Gasteiger partial charge >= 0.3 is 0 Å². The number of hydrogen-bond donors (Lipinski definition) is 0. The zero-order valence-corrected chi connectivity index (χ0v) is 16.9. The summed E-state index contributed by atoms with van der Waals surface area (Å²) in [6, 6.07) is 26.3. The zero-order chi connectivity index (χ0) is 20.8. The fourth-order valence-electron chi connectivity index (χ4n) is 4.25. The fourth-order valence-corrected chi connectivity index (χ4v) is 4.25. The van der Waals surface area contributed by atoms with E-state index in [0.717, 1.165) is 33.0 Å². The largest absolute Gasteiger partial charge is 0.338 e. The second-order valence-electron chi connectivity index (χ2n) is 7.94. The summed E-state index contributed by atoms with van der Waals surface area (Å²) in [5.74, 6) is -0.472. The third-order valence-electron chi connectivity index (χ3n) is 5.67. The molecule has 0 aliphatic carbocycles. The summed E-state index contributed by atoms with van der Waals surface area (Å²) >= 11 is 0. The Bertz CT molecular complexity index is 1260. The van der Waals surface area contributed by atoms with E-state index in [0.29, 0.717) is 6.04 Å². The molecule has 0 amide bonds. The lowest BCUT2D eigenvalue weighted by atomic mass is 10.0. The van der Waals surface area contributed by atoms with Gasteiger partial charge in [-0.3, -0.25) is 0 Å². The van der Waals surface area contributed by atoms with Crippen molar-refractivity contribution in [1.29, 1.82) is 0 Å². The lowest BCUT2D eigenvalue weighted by Gasteiger charge is -2.12. The van der Waals surface area contributed by atoms with Gasteiger partial charge in [-0.1, -0.05) is 36.4 Å². The van der Waals surface area contributed by atoms with Gasteiger partial charge in [-0.25, -0.2) is 8.78 Å². The number of aromatic nitrogens is 1. The molecule has 0 unspecified atom stereocenters. The number of rotatable bonds is 3. The molecule has 0 aliphatic rings. The molecule has 4 aromatic carbocycles. The lowest BCUT2D eigenvalue weighted by Crippen LogP contribution is -1.99. The Hall–Kier alpha value is -3.46. The summed E-state index contributed by atoms with van der Waals surface area (Å²) in [5.41, 5.74) is 6.41. The van der Waals surface area contributed by atoms with Gasteiger partial charge in [0, 0.05) is 27.8 Å². The predicted octanol–water partition coefficient (Wildman–Crippen LogP) is 7.99. The minimum atomic E-state index is -0.236. The van der Waals surface area contributed by atoms with Crippen molar-refractivity contribution < 1.29 is 8.78 Å². The van der Waals surface area contributed by atoms with Crippen LogP contribution in [0.3, 0.4) is 0 Å². The normalized spacial score (nSPS) is 11.6. The van der Waals surface area contributed by atoms with Crippen molar-refractivity contribution in [2.75, 3.05) is 0 Å². The zero-order valence-electron chi connectivity index (χ0n) is 16.9. The minimum absolute atomic E-state index is 0.236. The van der Waals surface area contributed by atoms with Gasteiger partial charge in [-0.05, 0) is 84.6 Å². The van der Waals surface area contributed by atoms with Gasteiger partial charge in [0.15, 0.2) is 0 Å². The highest BCUT2D eigenvalue weighted by molar-refractivity contribution is 6.10. The number of hydrogen-bond acceptors (Lipinski definition) is 0. The van der Waals surface area contributed by atoms with Crippen LogP contribution in [-0.4, -0.2) is 4.57 Å². The van der Waals surface area contributed by atoms with Gasteiger partial charge in [0.25, 0.3) is 0 Å². The van der Waals surface area contributed by atoms with Crippen molar-refractivity contribution >= 4 is 21.8 Å². The summed E-state index contributed by atoms with van der Waals surface area (Å²) in [5, 5.41) is 2.31. The Kier molecular flexibility index (Phi) is 4.39. The first-order valence-electron chi connectivity index (χ1n) is 10.1. The SMILES string of the molecule is CC(C)n1c2ccc(-c3ccc(F)cc3)cc2c2cc(-c3ccc(F)cc3)ccc21. The van der Waals surface area contributed by atoms with Gasteiger partial charge in [0.05, 0.1) is 0 Å². The molecular weight excluding hydrogens is 376 g/mol. The Balaban J connectivity index is 1.76. The molecule has 0 saturated carbocycles. The van der Waals surface area contributed by atoms with E-state index in [2.05, 4.69) is 54.8 Å². The van der Waals surface area contributed by atoms with Crippen molar-refractivity contribution in [3.05, 3.63) is 96.6 Å². The quantitative estimate of drug-likeness (QED) is 0.291. The molecule has 0 spiro atoms. The van der Waals surface area contributed by atoms with E-state index in [1.807, 2.05) is 24.3 Å². The van der Waals surface area contributed by atoms with E-state index >= 15 is 0 Å². The third-order valence-corrected chi connectivity index (χ3v) is 5.67. The molecule has 148 valence electrons. The highest BCUT2D eigenvalue weighted by Gasteiger charge is 2.15. The molecule has 1 aromatic heterocycles. The second-order valence-corrected chi connectivity index (χ2v) is 7.94. The maximum Gasteiger partial charge on any atom is 0.123 e. The lowest BCUT2D eigenvalue weighted by molar-refractivity contribution is 0.627. The van der Waals surface area contributed by atoms with E-state index in [9.17, 15) is 8.78 Å². The highest BCUT2D eigenvalue weighted by atomic mass is 19.1. The Morgan fingerprint density at radius 3 is 1.27 bits per heavy atom. The van der Waals surface area contributed by atoms with Gasteiger partial charge in [0.2, 0.25) is 0 Å². The molecule has 5 rings (SSSR count). The number of halogens is 2. The van der Waals surface area contributed by atoms with Crippen LogP contribution in [0.5, 0.6) is 0 Å². The molecule has 0 atom stereocenters. The van der Waals surface area contributed by atoms with Crippen LogP contribution >= 0.6 is 0 Å². The summed E-state index contributed by atoms with van der Waals surface area (Å²) < 4.78 is 29.1. The number of fused-ring (bicyclic) bond motifs is 3. The monoisotopic (exact) mass is 397 g/mol. The maximum absolute atomic E-state index is 13.4. The molecule has 5 aromatic rings. The summed E-state index contributed by atoms with van der Waals surface area (Å²) in [7, 11) is 0. The average Bonchev–Trinajstić information content (AvgIpc) is 3.08. The molecule has 3 heteroatoms. The fraction of sp³-hybridized carbons (Fsp3) is 0.111. The first-order valence-corrected chi connectivity index (χ1v) is 10.1. The Morgan fingerprint density at radius 2 is 0.900 bits per heavy atom. The molecule has 0 bridgehead atoms. The van der Waals surface area contributed by atoms with E-state index in [1.165, 1.54) is 35.3 Å². The predicted molar refractivity (Wildman–Crippen MR) is 121 cm³/mol. The smallest absolute Gasteiger partial charge is 0.123 e. The van der Waals surface area contributed by atoms with Crippen LogP contribution in [0.4, 0.5) is 8.78 Å². The van der Waals surface area contributed by atoms with Gasteiger partial charge < -0.3 is 4.57 Å². The van der Waals surface area contributed by atoms with Crippen molar-refractivity contribution in [2.24, 2.45) is 0 Å². The molecule has 1 heterocycles. The molecular formula is C27H21F2N. The van der Waals surface area contributed by atoms with Gasteiger partial charge in [-0.2, -0.15) is 0 Å². The highest BCUT2D eigenvalue weighted by Crippen LogP contribution is 2.37. The van der Waals surface area contributed by atoms with Crippen molar-refractivity contribution in [3.8, 4) is 22.3 Å². The van der Waals surface area contributed by atoms with Crippen LogP contribution in [0.25, 0.3) is 44.1 Å². The third kappa shape index (κ3) is 3.07. The van der Waals surface area contributed by atoms with E-state index < -0.39 is 0 Å². The van der Waals surface area contributed by atoms with E-state index in [4.69, 9.17) is 0 Å². The Morgan fingerprint density at radius 1 is 0.533 bits per heavy atom. The summed E-state index contributed by atoms with van der Waals surface area (Å²) in [6.45, 7) is 4.36. The van der Waals surface area contributed by atoms with Crippen LogP contribution in [0, 0.1) is 11.6 Å². The molecule has 0 aliphatic heterocycles. The van der Waals surface area contributed by atoms with Crippen molar-refractivity contribution in [2.45, 2.75) is 19.9 Å². The van der Waals surface area contributed by atoms with Crippen molar-refractivity contribution in [1.82, 2.24) is 4.57 Å². The number of nitrogens with zero attached hydrogens (tertiary/aromatic N) is 1. The number of benzene rings is 4. The van der Waals surface area contributed by atoms with Gasteiger partial charge in [-0.15, -0.1) is 0 Å². The minimum Gasteiger partial charge on any atom is -0.338 e.